The van der Waals surface area contributed by atoms with Gasteiger partial charge in [-0.25, -0.2) is 4.68 Å². The number of ether oxygens (including phenoxy) is 2. The lowest BCUT2D eigenvalue weighted by Gasteiger charge is -2.22. The average Bonchev–Trinajstić information content (AvgIpc) is 2.91. The summed E-state index contributed by atoms with van der Waals surface area (Å²) in [4.78, 5) is 0. The van der Waals surface area contributed by atoms with E-state index in [4.69, 9.17) is 9.47 Å². The summed E-state index contributed by atoms with van der Waals surface area (Å²) < 4.78 is 12.9. The van der Waals surface area contributed by atoms with Crippen molar-refractivity contribution in [2.75, 3.05) is 13.2 Å². The highest BCUT2D eigenvalue weighted by Crippen LogP contribution is 2.34. The molecule has 2 aromatic rings. The molecule has 0 amide bonds. The third kappa shape index (κ3) is 2.47. The normalized spacial score (nSPS) is 14.3. The maximum atomic E-state index is 9.47. The second kappa shape index (κ2) is 5.04. The van der Waals surface area contributed by atoms with Crippen molar-refractivity contribution in [2.24, 2.45) is 0 Å². The Kier molecular flexibility index (Phi) is 3.33. The second-order valence-electron chi connectivity index (χ2n) is 6.03. The molecule has 0 atom stereocenters. The summed E-state index contributed by atoms with van der Waals surface area (Å²) in [5.74, 6) is 1.45. The number of fused-ring (bicyclic) bond motifs is 1. The van der Waals surface area contributed by atoms with Gasteiger partial charge in [-0.1, -0.05) is 26.0 Å². The largest absolute Gasteiger partial charge is 0.486 e. The zero-order valence-corrected chi connectivity index (χ0v) is 12.5. The molecule has 1 aromatic carbocycles. The molecule has 2 heterocycles. The molecule has 0 unspecified atom stereocenters. The molecule has 0 spiro atoms. The van der Waals surface area contributed by atoms with Gasteiger partial charge in [0.1, 0.15) is 18.9 Å². The highest BCUT2D eigenvalue weighted by Gasteiger charge is 2.26. The van der Waals surface area contributed by atoms with Crippen LogP contribution in [0.1, 0.15) is 32.2 Å². The Hall–Kier alpha value is -2.08. The zero-order chi connectivity index (χ0) is 15.0. The first kappa shape index (κ1) is 13.9. The van der Waals surface area contributed by atoms with E-state index in [2.05, 4.69) is 31.1 Å². The van der Waals surface area contributed by atoms with Crippen molar-refractivity contribution in [3.63, 3.8) is 0 Å². The Morgan fingerprint density at radius 2 is 1.90 bits per heavy atom. The molecule has 0 bridgehead atoms. The van der Waals surface area contributed by atoms with Crippen molar-refractivity contribution in [3.8, 4) is 17.2 Å². The van der Waals surface area contributed by atoms with E-state index in [1.807, 2.05) is 18.2 Å². The van der Waals surface area contributed by atoms with Crippen LogP contribution in [0.4, 0.5) is 0 Å². The summed E-state index contributed by atoms with van der Waals surface area (Å²) in [7, 11) is 0. The number of aliphatic hydroxyl groups excluding tert-OH is 1. The highest BCUT2D eigenvalue weighted by atomic mass is 16.6. The molecule has 112 valence electrons. The van der Waals surface area contributed by atoms with Crippen LogP contribution in [0.15, 0.2) is 18.2 Å². The third-order valence-corrected chi connectivity index (χ3v) is 3.37. The molecule has 6 nitrogen and oxygen atoms in total. The van der Waals surface area contributed by atoms with E-state index >= 15 is 0 Å². The minimum atomic E-state index is -0.186. The monoisotopic (exact) mass is 289 g/mol. The van der Waals surface area contributed by atoms with Gasteiger partial charge in [0.15, 0.2) is 11.5 Å². The van der Waals surface area contributed by atoms with E-state index in [9.17, 15) is 5.11 Å². The average molecular weight is 289 g/mol. The van der Waals surface area contributed by atoms with Gasteiger partial charge in [-0.05, 0) is 12.1 Å². The predicted molar refractivity (Wildman–Crippen MR) is 77.0 cm³/mol. The van der Waals surface area contributed by atoms with Crippen molar-refractivity contribution in [3.05, 3.63) is 29.6 Å². The molecule has 3 rings (SSSR count). The van der Waals surface area contributed by atoms with Gasteiger partial charge in [-0.15, -0.1) is 5.10 Å². The highest BCUT2D eigenvalue weighted by molar-refractivity contribution is 5.50. The number of aromatic nitrogens is 3. The van der Waals surface area contributed by atoms with Gasteiger partial charge in [0.2, 0.25) is 0 Å². The van der Waals surface area contributed by atoms with Crippen LogP contribution in [0.3, 0.4) is 0 Å². The minimum absolute atomic E-state index is 0.128. The van der Waals surface area contributed by atoms with Crippen LogP contribution in [0.2, 0.25) is 0 Å². The van der Waals surface area contributed by atoms with E-state index in [-0.39, 0.29) is 12.0 Å². The molecule has 1 aliphatic heterocycles. The first-order valence-electron chi connectivity index (χ1n) is 6.96. The van der Waals surface area contributed by atoms with Gasteiger partial charge in [-0.2, -0.15) is 0 Å². The molecule has 1 aliphatic rings. The standard InChI is InChI=1S/C15H19N3O3/c1-15(2,3)14-11(9-19)16-17-18(14)10-4-5-12-13(8-10)21-7-6-20-12/h4-5,8,19H,6-7,9H2,1-3H3. The number of hydrogen-bond donors (Lipinski definition) is 1. The van der Waals surface area contributed by atoms with E-state index in [0.29, 0.717) is 24.7 Å². The fourth-order valence-electron chi connectivity index (χ4n) is 2.51. The van der Waals surface area contributed by atoms with Crippen LogP contribution < -0.4 is 9.47 Å². The summed E-state index contributed by atoms with van der Waals surface area (Å²) in [5.41, 5.74) is 2.14. The molecule has 6 heteroatoms. The molecule has 0 saturated heterocycles. The summed E-state index contributed by atoms with van der Waals surface area (Å²) in [6.07, 6.45) is 0. The molecular weight excluding hydrogens is 270 g/mol. The number of nitrogens with zero attached hydrogens (tertiary/aromatic N) is 3. The van der Waals surface area contributed by atoms with Gasteiger partial charge < -0.3 is 14.6 Å². The topological polar surface area (TPSA) is 69.4 Å². The fraction of sp³-hybridized carbons (Fsp3) is 0.467. The molecule has 0 fully saturated rings. The summed E-state index contributed by atoms with van der Waals surface area (Å²) in [5, 5.41) is 17.7. The van der Waals surface area contributed by atoms with Gasteiger partial charge in [0.25, 0.3) is 0 Å². The van der Waals surface area contributed by atoms with E-state index in [0.717, 1.165) is 17.1 Å². The van der Waals surface area contributed by atoms with Crippen molar-refractivity contribution < 1.29 is 14.6 Å². The van der Waals surface area contributed by atoms with Crippen LogP contribution in [0.25, 0.3) is 5.69 Å². The van der Waals surface area contributed by atoms with Gasteiger partial charge in [-0.3, -0.25) is 0 Å². The van der Waals surface area contributed by atoms with Crippen LogP contribution in [0.5, 0.6) is 11.5 Å². The fourth-order valence-corrected chi connectivity index (χ4v) is 2.51. The molecule has 1 N–H and O–H groups in total. The lowest BCUT2D eigenvalue weighted by atomic mass is 9.90. The Labute approximate surface area is 123 Å². The number of benzene rings is 1. The summed E-state index contributed by atoms with van der Waals surface area (Å²) in [6, 6.07) is 5.68. The van der Waals surface area contributed by atoms with Crippen LogP contribution in [-0.4, -0.2) is 33.3 Å². The zero-order valence-electron chi connectivity index (χ0n) is 12.5. The SMILES string of the molecule is CC(C)(C)c1c(CO)nnn1-c1ccc2c(c1)OCCO2. The minimum Gasteiger partial charge on any atom is -0.486 e. The number of rotatable bonds is 2. The molecular formula is C15H19N3O3. The molecule has 0 radical (unpaired) electrons. The van der Waals surface area contributed by atoms with Crippen molar-refractivity contribution >= 4 is 0 Å². The van der Waals surface area contributed by atoms with Crippen LogP contribution in [0, 0.1) is 0 Å². The molecule has 21 heavy (non-hydrogen) atoms. The smallest absolute Gasteiger partial charge is 0.163 e. The van der Waals surface area contributed by atoms with Crippen molar-refractivity contribution in [1.29, 1.82) is 0 Å². The van der Waals surface area contributed by atoms with E-state index in [1.54, 1.807) is 4.68 Å². The molecule has 1 aromatic heterocycles. The third-order valence-electron chi connectivity index (χ3n) is 3.37. The van der Waals surface area contributed by atoms with Gasteiger partial charge >= 0.3 is 0 Å². The quantitative estimate of drug-likeness (QED) is 0.913. The number of hydrogen-bond acceptors (Lipinski definition) is 5. The Balaban J connectivity index is 2.11. The summed E-state index contributed by atoms with van der Waals surface area (Å²) in [6.45, 7) is 7.19. The van der Waals surface area contributed by atoms with Crippen molar-refractivity contribution in [2.45, 2.75) is 32.8 Å². The molecule has 0 aliphatic carbocycles. The maximum Gasteiger partial charge on any atom is 0.163 e. The van der Waals surface area contributed by atoms with Gasteiger partial charge in [0.05, 0.1) is 18.0 Å². The van der Waals surface area contributed by atoms with Gasteiger partial charge in [0, 0.05) is 11.5 Å². The lowest BCUT2D eigenvalue weighted by molar-refractivity contribution is 0.171. The second-order valence-corrected chi connectivity index (χ2v) is 6.03. The first-order valence-corrected chi connectivity index (χ1v) is 6.96. The van der Waals surface area contributed by atoms with E-state index in [1.165, 1.54) is 0 Å². The van der Waals surface area contributed by atoms with Crippen LogP contribution in [-0.2, 0) is 12.0 Å². The predicted octanol–water partition coefficient (Wildman–Crippen LogP) is 1.83. The van der Waals surface area contributed by atoms with Crippen LogP contribution >= 0.6 is 0 Å². The lowest BCUT2D eigenvalue weighted by Crippen LogP contribution is -2.20. The molecule has 0 saturated carbocycles. The Morgan fingerprint density at radius 3 is 2.57 bits per heavy atom. The Bertz CT molecular complexity index is 659. The Morgan fingerprint density at radius 1 is 1.19 bits per heavy atom. The maximum absolute atomic E-state index is 9.47. The number of aliphatic hydroxyl groups is 1. The first-order chi connectivity index (χ1) is 10.0. The van der Waals surface area contributed by atoms with Crippen molar-refractivity contribution in [1.82, 2.24) is 15.0 Å². The van der Waals surface area contributed by atoms with E-state index < -0.39 is 0 Å². The summed E-state index contributed by atoms with van der Waals surface area (Å²) >= 11 is 0.